The molecule has 4 aliphatic rings. The SMILES string of the molecule is N#Cc1ccc2c(c1)[C@@]13CCCC[C@H]1[C@@H](C2)N(CC1CC1)CC3. The number of rotatable bonds is 2. The van der Waals surface area contributed by atoms with Crippen LogP contribution in [0, 0.1) is 23.2 Å². The van der Waals surface area contributed by atoms with Crippen molar-refractivity contribution in [2.24, 2.45) is 11.8 Å². The molecule has 2 saturated carbocycles. The topological polar surface area (TPSA) is 27.0 Å². The zero-order chi connectivity index (χ0) is 15.4. The molecule has 1 aromatic carbocycles. The molecule has 2 bridgehead atoms. The Hall–Kier alpha value is -1.33. The summed E-state index contributed by atoms with van der Waals surface area (Å²) < 4.78 is 0. The minimum atomic E-state index is 0.392. The maximum absolute atomic E-state index is 9.35. The second-order valence-electron chi connectivity index (χ2n) is 8.45. The highest BCUT2D eigenvalue weighted by Crippen LogP contribution is 2.56. The normalized spacial score (nSPS) is 36.0. The van der Waals surface area contributed by atoms with Crippen molar-refractivity contribution in [3.05, 3.63) is 34.9 Å². The van der Waals surface area contributed by atoms with Gasteiger partial charge in [0, 0.05) is 18.0 Å². The third-order valence-corrected chi connectivity index (χ3v) is 7.27. The fourth-order valence-electron chi connectivity index (χ4n) is 6.01. The molecular weight excluding hydrogens is 280 g/mol. The predicted molar refractivity (Wildman–Crippen MR) is 91.2 cm³/mol. The van der Waals surface area contributed by atoms with Crippen LogP contribution in [0.3, 0.4) is 0 Å². The summed E-state index contributed by atoms with van der Waals surface area (Å²) in [6, 6.07) is 9.71. The van der Waals surface area contributed by atoms with Gasteiger partial charge in [-0.15, -0.1) is 0 Å². The summed E-state index contributed by atoms with van der Waals surface area (Å²) in [7, 11) is 0. The highest BCUT2D eigenvalue weighted by atomic mass is 15.2. The van der Waals surface area contributed by atoms with Crippen molar-refractivity contribution in [2.75, 3.05) is 13.1 Å². The van der Waals surface area contributed by atoms with Crippen LogP contribution in [0.1, 0.15) is 61.6 Å². The number of nitrogens with zero attached hydrogens (tertiary/aromatic N) is 2. The third-order valence-electron chi connectivity index (χ3n) is 7.27. The Bertz CT molecular complexity index is 669. The summed E-state index contributed by atoms with van der Waals surface area (Å²) in [5.41, 5.74) is 4.36. The Kier molecular flexibility index (Phi) is 3.10. The van der Waals surface area contributed by atoms with Gasteiger partial charge in [-0.2, -0.15) is 5.26 Å². The molecule has 2 heteroatoms. The van der Waals surface area contributed by atoms with Crippen LogP contribution in [0.15, 0.2) is 18.2 Å². The van der Waals surface area contributed by atoms with E-state index in [1.807, 2.05) is 6.07 Å². The van der Waals surface area contributed by atoms with E-state index in [0.717, 1.165) is 23.4 Å². The lowest BCUT2D eigenvalue weighted by Crippen LogP contribution is -2.61. The molecule has 0 N–H and O–H groups in total. The molecule has 2 nitrogen and oxygen atoms in total. The van der Waals surface area contributed by atoms with Gasteiger partial charge in [0.05, 0.1) is 11.6 Å². The van der Waals surface area contributed by atoms with Gasteiger partial charge in [0.1, 0.15) is 0 Å². The van der Waals surface area contributed by atoms with Gasteiger partial charge in [-0.05, 0) is 80.2 Å². The van der Waals surface area contributed by atoms with Gasteiger partial charge in [-0.1, -0.05) is 18.9 Å². The number of likely N-dealkylation sites (tertiary alicyclic amines) is 1. The first-order valence-electron chi connectivity index (χ1n) is 9.58. The molecule has 1 saturated heterocycles. The maximum Gasteiger partial charge on any atom is 0.0991 e. The molecule has 3 fully saturated rings. The number of fused-ring (bicyclic) bond motifs is 1. The molecule has 0 amide bonds. The average Bonchev–Trinajstić information content (AvgIpc) is 3.41. The summed E-state index contributed by atoms with van der Waals surface area (Å²) in [4.78, 5) is 2.85. The van der Waals surface area contributed by atoms with E-state index in [4.69, 9.17) is 0 Å². The van der Waals surface area contributed by atoms with E-state index in [2.05, 4.69) is 23.1 Å². The quantitative estimate of drug-likeness (QED) is 0.825. The molecular formula is C21H26N2. The standard InChI is InChI=1S/C21H26N2/c22-13-16-6-7-17-12-20-18-3-1-2-8-21(18,19(17)11-16)9-10-23(20)14-15-4-5-15/h6-7,11,15,18,20H,1-5,8-10,12,14H2/t18-,20+,21+/m0/s1. The van der Waals surface area contributed by atoms with E-state index in [1.54, 1.807) is 11.1 Å². The van der Waals surface area contributed by atoms with E-state index < -0.39 is 0 Å². The fraction of sp³-hybridized carbons (Fsp3) is 0.667. The minimum Gasteiger partial charge on any atom is -0.299 e. The van der Waals surface area contributed by atoms with Crippen LogP contribution >= 0.6 is 0 Å². The molecule has 3 atom stereocenters. The van der Waals surface area contributed by atoms with Crippen LogP contribution in [0.2, 0.25) is 0 Å². The van der Waals surface area contributed by atoms with Crippen molar-refractivity contribution in [2.45, 2.75) is 62.8 Å². The van der Waals surface area contributed by atoms with Crippen molar-refractivity contribution >= 4 is 0 Å². The fourth-order valence-corrected chi connectivity index (χ4v) is 6.01. The van der Waals surface area contributed by atoms with E-state index in [1.165, 1.54) is 64.5 Å². The van der Waals surface area contributed by atoms with Crippen LogP contribution in [-0.4, -0.2) is 24.0 Å². The molecule has 0 spiro atoms. The van der Waals surface area contributed by atoms with Crippen LogP contribution in [0.25, 0.3) is 0 Å². The van der Waals surface area contributed by atoms with Crippen LogP contribution in [0.5, 0.6) is 0 Å². The number of benzene rings is 1. The van der Waals surface area contributed by atoms with Gasteiger partial charge < -0.3 is 0 Å². The van der Waals surface area contributed by atoms with E-state index in [-0.39, 0.29) is 0 Å². The van der Waals surface area contributed by atoms with Gasteiger partial charge >= 0.3 is 0 Å². The van der Waals surface area contributed by atoms with Crippen LogP contribution in [0.4, 0.5) is 0 Å². The molecule has 5 rings (SSSR count). The number of hydrogen-bond donors (Lipinski definition) is 0. The van der Waals surface area contributed by atoms with Crippen molar-refractivity contribution in [1.29, 1.82) is 5.26 Å². The first-order valence-corrected chi connectivity index (χ1v) is 9.58. The Morgan fingerprint density at radius 2 is 2.09 bits per heavy atom. The Morgan fingerprint density at radius 3 is 2.91 bits per heavy atom. The molecule has 23 heavy (non-hydrogen) atoms. The molecule has 1 heterocycles. The number of hydrogen-bond acceptors (Lipinski definition) is 2. The molecule has 3 aliphatic carbocycles. The summed E-state index contributed by atoms with van der Waals surface area (Å²) in [5, 5.41) is 9.35. The minimum absolute atomic E-state index is 0.392. The molecule has 120 valence electrons. The lowest BCUT2D eigenvalue weighted by Gasteiger charge is -2.59. The third kappa shape index (κ3) is 2.09. The summed E-state index contributed by atoms with van der Waals surface area (Å²) in [6.45, 7) is 2.64. The lowest BCUT2D eigenvalue weighted by atomic mass is 9.52. The number of piperidine rings is 1. The highest BCUT2D eigenvalue weighted by molar-refractivity contribution is 5.46. The van der Waals surface area contributed by atoms with E-state index >= 15 is 0 Å². The van der Waals surface area contributed by atoms with Crippen LogP contribution in [-0.2, 0) is 11.8 Å². The maximum atomic E-state index is 9.35. The van der Waals surface area contributed by atoms with Crippen molar-refractivity contribution < 1.29 is 0 Å². The second-order valence-corrected chi connectivity index (χ2v) is 8.45. The molecule has 0 aromatic heterocycles. The molecule has 1 aliphatic heterocycles. The summed E-state index contributed by atoms with van der Waals surface area (Å²) >= 11 is 0. The lowest BCUT2D eigenvalue weighted by molar-refractivity contribution is -0.0133. The highest BCUT2D eigenvalue weighted by Gasteiger charge is 2.54. The predicted octanol–water partition coefficient (Wildman–Crippen LogP) is 4.03. The Balaban J connectivity index is 1.59. The van der Waals surface area contributed by atoms with Gasteiger partial charge in [-0.3, -0.25) is 4.90 Å². The molecule has 0 unspecified atom stereocenters. The zero-order valence-corrected chi connectivity index (χ0v) is 13.9. The Labute approximate surface area is 139 Å². The van der Waals surface area contributed by atoms with Gasteiger partial charge in [0.15, 0.2) is 0 Å². The van der Waals surface area contributed by atoms with Gasteiger partial charge in [0.25, 0.3) is 0 Å². The van der Waals surface area contributed by atoms with Crippen LogP contribution < -0.4 is 0 Å². The molecule has 0 radical (unpaired) electrons. The monoisotopic (exact) mass is 306 g/mol. The zero-order valence-electron chi connectivity index (χ0n) is 13.9. The largest absolute Gasteiger partial charge is 0.299 e. The van der Waals surface area contributed by atoms with Gasteiger partial charge in [-0.25, -0.2) is 0 Å². The van der Waals surface area contributed by atoms with Crippen molar-refractivity contribution in [3.8, 4) is 6.07 Å². The summed E-state index contributed by atoms with van der Waals surface area (Å²) in [6.07, 6.45) is 11.0. The van der Waals surface area contributed by atoms with E-state index in [9.17, 15) is 5.26 Å². The first kappa shape index (κ1) is 14.1. The second kappa shape index (κ2) is 5.08. The van der Waals surface area contributed by atoms with E-state index in [0.29, 0.717) is 5.41 Å². The first-order chi connectivity index (χ1) is 11.3. The number of nitriles is 1. The van der Waals surface area contributed by atoms with Crippen molar-refractivity contribution in [3.63, 3.8) is 0 Å². The molecule has 1 aromatic rings. The summed E-state index contributed by atoms with van der Waals surface area (Å²) in [5.74, 6) is 1.83. The van der Waals surface area contributed by atoms with Crippen molar-refractivity contribution in [1.82, 2.24) is 4.90 Å². The van der Waals surface area contributed by atoms with Gasteiger partial charge in [0.2, 0.25) is 0 Å². The smallest absolute Gasteiger partial charge is 0.0991 e. The average molecular weight is 306 g/mol. The Morgan fingerprint density at radius 1 is 1.17 bits per heavy atom.